The van der Waals surface area contributed by atoms with E-state index >= 15 is 0 Å². The molecular weight excluding hydrogens is 353 g/mol. The van der Waals surface area contributed by atoms with E-state index in [4.69, 9.17) is 16.3 Å². The van der Waals surface area contributed by atoms with Gasteiger partial charge in [0.25, 0.3) is 0 Å². The minimum Gasteiger partial charge on any atom is -0.486 e. The molecule has 1 N–H and O–H groups in total. The summed E-state index contributed by atoms with van der Waals surface area (Å²) in [6.45, 7) is 1.74. The van der Waals surface area contributed by atoms with Gasteiger partial charge in [0.1, 0.15) is 17.7 Å². The fourth-order valence-corrected chi connectivity index (χ4v) is 2.89. The van der Waals surface area contributed by atoms with Crippen LogP contribution in [-0.2, 0) is 0 Å². The summed E-state index contributed by atoms with van der Waals surface area (Å²) >= 11 is 5.85. The van der Waals surface area contributed by atoms with Crippen LogP contribution in [0.2, 0.25) is 5.02 Å². The number of nitrogens with zero attached hydrogens (tertiary/aromatic N) is 1. The van der Waals surface area contributed by atoms with Crippen LogP contribution >= 0.6 is 11.6 Å². The minimum absolute atomic E-state index is 0.0949. The Kier molecular flexibility index (Phi) is 5.86. The molecule has 0 amide bonds. The summed E-state index contributed by atoms with van der Waals surface area (Å²) in [5, 5.41) is 9.86. The number of hydrogen-bond acceptors (Lipinski definition) is 3. The van der Waals surface area contributed by atoms with Crippen molar-refractivity contribution >= 4 is 11.6 Å². The number of halogens is 2. The SMILES string of the molecule is CC(O)CC(Oc1ccc(-c2ccc(F)c(Cl)c2)cc1)c1ccncc1. The first-order chi connectivity index (χ1) is 12.5. The molecular formula is C21H19ClFNO2. The fourth-order valence-electron chi connectivity index (χ4n) is 2.71. The van der Waals surface area contributed by atoms with Crippen LogP contribution in [-0.4, -0.2) is 16.2 Å². The highest BCUT2D eigenvalue weighted by atomic mass is 35.5. The maximum Gasteiger partial charge on any atom is 0.141 e. The highest BCUT2D eigenvalue weighted by molar-refractivity contribution is 6.31. The lowest BCUT2D eigenvalue weighted by Crippen LogP contribution is -2.14. The first kappa shape index (κ1) is 18.4. The maximum atomic E-state index is 13.3. The average molecular weight is 372 g/mol. The molecule has 0 radical (unpaired) electrons. The Labute approximate surface area is 157 Å². The maximum absolute atomic E-state index is 13.3. The van der Waals surface area contributed by atoms with Crippen LogP contribution in [0.25, 0.3) is 11.1 Å². The van der Waals surface area contributed by atoms with E-state index in [-0.39, 0.29) is 11.1 Å². The number of ether oxygens (including phenoxy) is 1. The molecule has 0 fully saturated rings. The molecule has 134 valence electrons. The van der Waals surface area contributed by atoms with Gasteiger partial charge in [0.2, 0.25) is 0 Å². The zero-order valence-electron chi connectivity index (χ0n) is 14.3. The topological polar surface area (TPSA) is 42.4 Å². The van der Waals surface area contributed by atoms with Crippen LogP contribution in [0.4, 0.5) is 4.39 Å². The van der Waals surface area contributed by atoms with Gasteiger partial charge in [0.05, 0.1) is 11.1 Å². The van der Waals surface area contributed by atoms with Gasteiger partial charge < -0.3 is 9.84 Å². The number of aliphatic hydroxyl groups is 1. The largest absolute Gasteiger partial charge is 0.486 e. The number of benzene rings is 2. The second kappa shape index (κ2) is 8.30. The smallest absolute Gasteiger partial charge is 0.141 e. The van der Waals surface area contributed by atoms with Crippen LogP contribution in [0.1, 0.15) is 25.0 Å². The summed E-state index contributed by atoms with van der Waals surface area (Å²) < 4.78 is 19.4. The molecule has 0 spiro atoms. The van der Waals surface area contributed by atoms with E-state index in [1.807, 2.05) is 36.4 Å². The van der Waals surface area contributed by atoms with Crippen molar-refractivity contribution in [3.8, 4) is 16.9 Å². The van der Waals surface area contributed by atoms with Crippen LogP contribution in [0.3, 0.4) is 0 Å². The normalized spacial score (nSPS) is 13.2. The van der Waals surface area contributed by atoms with Crippen molar-refractivity contribution < 1.29 is 14.2 Å². The minimum atomic E-state index is -0.492. The van der Waals surface area contributed by atoms with E-state index in [0.717, 1.165) is 16.7 Å². The van der Waals surface area contributed by atoms with E-state index in [9.17, 15) is 9.50 Å². The molecule has 0 aliphatic rings. The number of pyridine rings is 1. The molecule has 0 aliphatic carbocycles. The van der Waals surface area contributed by atoms with E-state index in [2.05, 4.69) is 4.98 Å². The lowest BCUT2D eigenvalue weighted by Gasteiger charge is -2.21. The average Bonchev–Trinajstić information content (AvgIpc) is 2.64. The van der Waals surface area contributed by atoms with Gasteiger partial charge in [-0.25, -0.2) is 4.39 Å². The van der Waals surface area contributed by atoms with Crippen LogP contribution in [0.15, 0.2) is 67.0 Å². The first-order valence-electron chi connectivity index (χ1n) is 8.33. The molecule has 5 heteroatoms. The molecule has 26 heavy (non-hydrogen) atoms. The Hall–Kier alpha value is -2.43. The van der Waals surface area contributed by atoms with Crippen molar-refractivity contribution in [3.05, 3.63) is 83.4 Å². The lowest BCUT2D eigenvalue weighted by molar-refractivity contribution is 0.106. The van der Waals surface area contributed by atoms with Crippen molar-refractivity contribution in [2.45, 2.75) is 25.6 Å². The van der Waals surface area contributed by atoms with Crippen molar-refractivity contribution in [3.63, 3.8) is 0 Å². The molecule has 3 nitrogen and oxygen atoms in total. The van der Waals surface area contributed by atoms with Gasteiger partial charge in [-0.2, -0.15) is 0 Å². The van der Waals surface area contributed by atoms with Crippen molar-refractivity contribution in [1.29, 1.82) is 0 Å². The zero-order chi connectivity index (χ0) is 18.5. The summed E-state index contributed by atoms with van der Waals surface area (Å²) in [6.07, 6.45) is 3.11. The van der Waals surface area contributed by atoms with Gasteiger partial charge >= 0.3 is 0 Å². The molecule has 2 unspecified atom stereocenters. The summed E-state index contributed by atoms with van der Waals surface area (Å²) in [7, 11) is 0. The van der Waals surface area contributed by atoms with Crippen molar-refractivity contribution in [2.75, 3.05) is 0 Å². The van der Waals surface area contributed by atoms with Gasteiger partial charge in [0.15, 0.2) is 0 Å². The third-order valence-corrected chi connectivity index (χ3v) is 4.31. The predicted octanol–water partition coefficient (Wildman–Crippen LogP) is 5.43. The number of aliphatic hydroxyl groups excluding tert-OH is 1. The standard InChI is InChI=1S/C21H19ClFNO2/c1-14(25)12-21(16-8-10-24-11-9-16)26-18-5-2-15(3-6-18)17-4-7-20(23)19(22)13-17/h2-11,13-14,21,25H,12H2,1H3. The number of aromatic nitrogens is 1. The molecule has 1 heterocycles. The van der Waals surface area contributed by atoms with Gasteiger partial charge in [-0.15, -0.1) is 0 Å². The highest BCUT2D eigenvalue weighted by Crippen LogP contribution is 2.29. The molecule has 1 aromatic heterocycles. The summed E-state index contributed by atoms with van der Waals surface area (Å²) in [4.78, 5) is 4.02. The molecule has 0 bridgehead atoms. The molecule has 3 aromatic rings. The third-order valence-electron chi connectivity index (χ3n) is 4.02. The Morgan fingerprint density at radius 2 is 1.69 bits per heavy atom. The van der Waals surface area contributed by atoms with Crippen LogP contribution in [0, 0.1) is 5.82 Å². The molecule has 2 atom stereocenters. The van der Waals surface area contributed by atoms with Gasteiger partial charge in [0, 0.05) is 18.8 Å². The Morgan fingerprint density at radius 1 is 1.04 bits per heavy atom. The van der Waals surface area contributed by atoms with Gasteiger partial charge in [-0.1, -0.05) is 29.8 Å². The fraction of sp³-hybridized carbons (Fsp3) is 0.190. The predicted molar refractivity (Wildman–Crippen MR) is 101 cm³/mol. The van der Waals surface area contributed by atoms with E-state index in [1.165, 1.54) is 6.07 Å². The monoisotopic (exact) mass is 371 g/mol. The molecule has 0 saturated heterocycles. The molecule has 2 aromatic carbocycles. The van der Waals surface area contributed by atoms with E-state index in [1.54, 1.807) is 31.5 Å². The van der Waals surface area contributed by atoms with Crippen LogP contribution in [0.5, 0.6) is 5.75 Å². The highest BCUT2D eigenvalue weighted by Gasteiger charge is 2.16. The Balaban J connectivity index is 1.79. The summed E-state index contributed by atoms with van der Waals surface area (Å²) in [6, 6.07) is 15.9. The molecule has 0 aliphatic heterocycles. The van der Waals surface area contributed by atoms with Crippen LogP contribution < -0.4 is 4.74 Å². The Morgan fingerprint density at radius 3 is 2.31 bits per heavy atom. The van der Waals surface area contributed by atoms with Crippen molar-refractivity contribution in [2.24, 2.45) is 0 Å². The Bertz CT molecular complexity index is 854. The third kappa shape index (κ3) is 4.59. The summed E-state index contributed by atoms with van der Waals surface area (Å²) in [5.41, 5.74) is 2.70. The number of hydrogen-bond donors (Lipinski definition) is 1. The zero-order valence-corrected chi connectivity index (χ0v) is 15.0. The van der Waals surface area contributed by atoms with E-state index < -0.39 is 11.9 Å². The molecule has 0 saturated carbocycles. The van der Waals surface area contributed by atoms with Crippen molar-refractivity contribution in [1.82, 2.24) is 4.98 Å². The van der Waals surface area contributed by atoms with Gasteiger partial charge in [-0.3, -0.25) is 4.98 Å². The lowest BCUT2D eigenvalue weighted by atomic mass is 10.0. The second-order valence-electron chi connectivity index (χ2n) is 6.13. The van der Waals surface area contributed by atoms with E-state index in [0.29, 0.717) is 12.2 Å². The first-order valence-corrected chi connectivity index (χ1v) is 8.71. The summed E-state index contributed by atoms with van der Waals surface area (Å²) in [5.74, 6) is 0.248. The number of rotatable bonds is 6. The molecule has 3 rings (SSSR count). The van der Waals surface area contributed by atoms with Gasteiger partial charge in [-0.05, 0) is 60.0 Å². The second-order valence-corrected chi connectivity index (χ2v) is 6.53. The quantitative estimate of drug-likeness (QED) is 0.628.